The van der Waals surface area contributed by atoms with Gasteiger partial charge in [0.2, 0.25) is 0 Å². The van der Waals surface area contributed by atoms with E-state index in [1.807, 2.05) is 47.4 Å². The zero-order valence-corrected chi connectivity index (χ0v) is 19.7. The second-order valence-corrected chi connectivity index (χ2v) is 8.42. The highest BCUT2D eigenvalue weighted by atomic mass is 35.5. The number of benzene rings is 2. The van der Waals surface area contributed by atoms with Crippen LogP contribution in [0.3, 0.4) is 0 Å². The van der Waals surface area contributed by atoms with Crippen molar-refractivity contribution in [2.75, 3.05) is 30.3 Å². The second-order valence-electron chi connectivity index (χ2n) is 8.01. The SMILES string of the molecule is CN1NN(Cc2ccc3ncccc3c2)c2nc(-c3ccc(C(=O)NOCCO)c(Cl)c3)ccc21. The van der Waals surface area contributed by atoms with Gasteiger partial charge in [-0.3, -0.25) is 24.6 Å². The lowest BCUT2D eigenvalue weighted by atomic mass is 10.1. The number of hydroxylamine groups is 1. The fourth-order valence-electron chi connectivity index (χ4n) is 3.94. The van der Waals surface area contributed by atoms with Crippen molar-refractivity contribution >= 4 is 39.9 Å². The van der Waals surface area contributed by atoms with Crippen LogP contribution in [0, 0.1) is 0 Å². The summed E-state index contributed by atoms with van der Waals surface area (Å²) in [7, 11) is 1.94. The Morgan fingerprint density at radius 1 is 1.17 bits per heavy atom. The van der Waals surface area contributed by atoms with Crippen molar-refractivity contribution in [2.45, 2.75) is 6.54 Å². The number of fused-ring (bicyclic) bond motifs is 2. The molecule has 4 aromatic rings. The number of hydrogen-bond donors (Lipinski definition) is 3. The van der Waals surface area contributed by atoms with Crippen LogP contribution in [0.4, 0.5) is 11.5 Å². The highest BCUT2D eigenvalue weighted by Gasteiger charge is 2.25. The molecule has 2 aromatic carbocycles. The highest BCUT2D eigenvalue weighted by Crippen LogP contribution is 2.35. The number of halogens is 1. The number of aromatic nitrogens is 2. The van der Waals surface area contributed by atoms with E-state index in [1.165, 1.54) is 0 Å². The first-order valence-electron chi connectivity index (χ1n) is 11.0. The molecule has 0 saturated heterocycles. The predicted molar refractivity (Wildman–Crippen MR) is 135 cm³/mol. The number of aliphatic hydroxyl groups is 1. The van der Waals surface area contributed by atoms with E-state index in [1.54, 1.807) is 24.4 Å². The van der Waals surface area contributed by atoms with Crippen LogP contribution in [0.25, 0.3) is 22.2 Å². The quantitative estimate of drug-likeness (QED) is 0.267. The summed E-state index contributed by atoms with van der Waals surface area (Å²) in [5.41, 5.74) is 10.4. The summed E-state index contributed by atoms with van der Waals surface area (Å²) in [5.74, 6) is 0.297. The minimum absolute atomic E-state index is 0.00440. The van der Waals surface area contributed by atoms with Crippen LogP contribution in [0.5, 0.6) is 0 Å². The van der Waals surface area contributed by atoms with Gasteiger partial charge in [-0.1, -0.05) is 29.8 Å². The summed E-state index contributed by atoms with van der Waals surface area (Å²) in [6.45, 7) is 0.401. The Balaban J connectivity index is 1.39. The van der Waals surface area contributed by atoms with Crippen LogP contribution in [0.1, 0.15) is 15.9 Å². The summed E-state index contributed by atoms with van der Waals surface area (Å²) in [6.07, 6.45) is 1.79. The summed E-state index contributed by atoms with van der Waals surface area (Å²) < 4.78 is 0. The average Bonchev–Trinajstić information content (AvgIpc) is 3.18. The molecule has 0 atom stereocenters. The van der Waals surface area contributed by atoms with Crippen LogP contribution in [-0.4, -0.2) is 41.2 Å². The first-order chi connectivity index (χ1) is 17.0. The Morgan fingerprint density at radius 3 is 2.89 bits per heavy atom. The Morgan fingerprint density at radius 2 is 2.06 bits per heavy atom. The molecule has 178 valence electrons. The molecule has 2 aromatic heterocycles. The minimum atomic E-state index is -0.487. The topological polar surface area (TPSA) is 103 Å². The van der Waals surface area contributed by atoms with E-state index in [2.05, 4.69) is 28.1 Å². The lowest BCUT2D eigenvalue weighted by Gasteiger charge is -2.19. The molecule has 9 nitrogen and oxygen atoms in total. The van der Waals surface area contributed by atoms with E-state index >= 15 is 0 Å². The van der Waals surface area contributed by atoms with Gasteiger partial charge in [0.15, 0.2) is 5.82 Å². The Hall–Kier alpha value is -3.76. The second kappa shape index (κ2) is 9.85. The molecule has 0 aliphatic carbocycles. The molecule has 1 aliphatic rings. The first-order valence-corrected chi connectivity index (χ1v) is 11.4. The maximum Gasteiger partial charge on any atom is 0.276 e. The summed E-state index contributed by atoms with van der Waals surface area (Å²) in [6, 6.07) is 19.2. The van der Waals surface area contributed by atoms with Gasteiger partial charge in [-0.25, -0.2) is 10.5 Å². The van der Waals surface area contributed by atoms with Crippen LogP contribution in [-0.2, 0) is 11.4 Å². The van der Waals surface area contributed by atoms with Gasteiger partial charge in [-0.2, -0.15) is 0 Å². The lowest BCUT2D eigenvalue weighted by molar-refractivity contribution is 0.0168. The van der Waals surface area contributed by atoms with E-state index in [0.717, 1.165) is 39.2 Å². The van der Waals surface area contributed by atoms with Crippen molar-refractivity contribution in [1.29, 1.82) is 0 Å². The predicted octanol–water partition coefficient (Wildman–Crippen LogP) is 3.48. The van der Waals surface area contributed by atoms with Crippen LogP contribution >= 0.6 is 11.6 Å². The van der Waals surface area contributed by atoms with Gasteiger partial charge in [-0.05, 0) is 48.0 Å². The molecule has 5 rings (SSSR count). The molecule has 3 heterocycles. The average molecular weight is 491 g/mol. The van der Waals surface area contributed by atoms with Gasteiger partial charge in [0.1, 0.15) is 0 Å². The molecule has 0 saturated carbocycles. The third kappa shape index (κ3) is 4.75. The normalized spacial score (nSPS) is 12.8. The van der Waals surface area contributed by atoms with E-state index in [0.29, 0.717) is 6.54 Å². The Labute approximate surface area is 206 Å². The fraction of sp³-hybridized carbons (Fsp3) is 0.160. The minimum Gasteiger partial charge on any atom is -0.394 e. The number of anilines is 2. The van der Waals surface area contributed by atoms with E-state index < -0.39 is 5.91 Å². The lowest BCUT2D eigenvalue weighted by Crippen LogP contribution is -2.41. The Bertz CT molecular complexity index is 1400. The molecule has 1 aliphatic heterocycles. The van der Waals surface area contributed by atoms with Gasteiger partial charge in [0.05, 0.1) is 47.2 Å². The largest absolute Gasteiger partial charge is 0.394 e. The number of carbonyl (C=O) groups is 1. The number of hydrazine groups is 2. The van der Waals surface area contributed by atoms with Crippen molar-refractivity contribution in [3.8, 4) is 11.3 Å². The molecule has 0 bridgehead atoms. The number of hydrogen-bond acceptors (Lipinski definition) is 8. The van der Waals surface area contributed by atoms with E-state index in [4.69, 9.17) is 26.5 Å². The molecule has 0 radical (unpaired) electrons. The summed E-state index contributed by atoms with van der Waals surface area (Å²) in [5, 5.41) is 14.0. The summed E-state index contributed by atoms with van der Waals surface area (Å²) >= 11 is 6.38. The van der Waals surface area contributed by atoms with Gasteiger partial charge in [-0.15, -0.1) is 5.53 Å². The van der Waals surface area contributed by atoms with Crippen molar-refractivity contribution < 1.29 is 14.7 Å². The molecule has 1 amide bonds. The van der Waals surface area contributed by atoms with E-state index in [9.17, 15) is 4.79 Å². The maximum absolute atomic E-state index is 12.2. The maximum atomic E-state index is 12.2. The van der Waals surface area contributed by atoms with Crippen molar-refractivity contribution in [3.05, 3.63) is 83.0 Å². The molecule has 3 N–H and O–H groups in total. The molecular weight excluding hydrogens is 468 g/mol. The number of carbonyl (C=O) groups excluding carboxylic acids is 1. The number of aliphatic hydroxyl groups excluding tert-OH is 1. The number of nitrogens with zero attached hydrogens (tertiary/aromatic N) is 4. The first kappa shape index (κ1) is 23.0. The fourth-order valence-corrected chi connectivity index (χ4v) is 4.20. The number of nitrogens with one attached hydrogen (secondary N) is 2. The molecule has 10 heteroatoms. The van der Waals surface area contributed by atoms with Gasteiger partial charge in [0.25, 0.3) is 5.91 Å². The molecule has 35 heavy (non-hydrogen) atoms. The highest BCUT2D eigenvalue weighted by molar-refractivity contribution is 6.34. The summed E-state index contributed by atoms with van der Waals surface area (Å²) in [4.78, 5) is 26.4. The van der Waals surface area contributed by atoms with E-state index in [-0.39, 0.29) is 23.8 Å². The smallest absolute Gasteiger partial charge is 0.276 e. The van der Waals surface area contributed by atoms with Crippen molar-refractivity contribution in [1.82, 2.24) is 21.0 Å². The standard InChI is InChI=1S/C25H23ClN6O3/c1-31-23-9-8-22(18-5-6-19(20(26)14-18)25(34)29-35-12-11-33)28-24(23)32(30-31)15-16-4-7-21-17(13-16)3-2-10-27-21/h2-10,13-14,30,33H,11-12,15H2,1H3,(H,29,34). The third-order valence-electron chi connectivity index (χ3n) is 5.62. The Kier molecular flexibility index (Phi) is 6.47. The number of amides is 1. The molecule has 0 unspecified atom stereocenters. The third-order valence-corrected chi connectivity index (χ3v) is 5.93. The van der Waals surface area contributed by atoms with Crippen LogP contribution in [0.15, 0.2) is 66.9 Å². The monoisotopic (exact) mass is 490 g/mol. The molecular formula is C25H23ClN6O3. The van der Waals surface area contributed by atoms with Crippen LogP contribution < -0.4 is 21.0 Å². The zero-order chi connectivity index (χ0) is 24.4. The van der Waals surface area contributed by atoms with Crippen LogP contribution in [0.2, 0.25) is 5.02 Å². The van der Waals surface area contributed by atoms with Gasteiger partial charge < -0.3 is 5.11 Å². The van der Waals surface area contributed by atoms with Crippen molar-refractivity contribution in [3.63, 3.8) is 0 Å². The van der Waals surface area contributed by atoms with Crippen molar-refractivity contribution in [2.24, 2.45) is 0 Å². The molecule has 0 fully saturated rings. The zero-order valence-electron chi connectivity index (χ0n) is 18.9. The number of pyridine rings is 2. The number of rotatable bonds is 7. The molecule has 0 spiro atoms. The van der Waals surface area contributed by atoms with Gasteiger partial charge in [0, 0.05) is 24.2 Å². The van der Waals surface area contributed by atoms with Gasteiger partial charge >= 0.3 is 0 Å².